The van der Waals surface area contributed by atoms with Gasteiger partial charge in [-0.25, -0.2) is 0 Å². The van der Waals surface area contributed by atoms with Crippen LogP contribution >= 0.6 is 24.8 Å². The number of rotatable bonds is 12. The first kappa shape index (κ1) is 26.2. The maximum atomic E-state index is 11.6. The van der Waals surface area contributed by atoms with E-state index < -0.39 is 6.04 Å². The van der Waals surface area contributed by atoms with Crippen LogP contribution in [0.15, 0.2) is 4.99 Å². The van der Waals surface area contributed by atoms with Crippen molar-refractivity contribution in [2.24, 2.45) is 22.2 Å². The van der Waals surface area contributed by atoms with E-state index in [2.05, 4.69) is 11.9 Å². The zero-order valence-corrected chi connectivity index (χ0v) is 15.1. The molecule has 0 aromatic rings. The molecule has 0 rings (SSSR count). The number of nitrogens with zero attached hydrogens (tertiary/aromatic N) is 1. The van der Waals surface area contributed by atoms with E-state index >= 15 is 0 Å². The van der Waals surface area contributed by atoms with Crippen LogP contribution in [0.25, 0.3) is 0 Å². The highest BCUT2D eigenvalue weighted by molar-refractivity contribution is 5.85. The van der Waals surface area contributed by atoms with Crippen LogP contribution in [0.4, 0.5) is 0 Å². The number of esters is 1. The van der Waals surface area contributed by atoms with Crippen LogP contribution in [0, 0.1) is 0 Å². The second-order valence-corrected chi connectivity index (χ2v) is 4.99. The first-order chi connectivity index (χ1) is 9.57. The lowest BCUT2D eigenvalue weighted by Crippen LogP contribution is -2.32. The molecule has 0 fully saturated rings. The van der Waals surface area contributed by atoms with Crippen LogP contribution in [0.3, 0.4) is 0 Å². The predicted octanol–water partition coefficient (Wildman–Crippen LogP) is 2.11. The normalized spacial score (nSPS) is 10.8. The zero-order valence-electron chi connectivity index (χ0n) is 13.5. The van der Waals surface area contributed by atoms with Crippen LogP contribution in [-0.4, -0.2) is 31.1 Å². The third kappa shape index (κ3) is 17.3. The summed E-state index contributed by atoms with van der Waals surface area (Å²) in [5.74, 6) is -0.271. The van der Waals surface area contributed by atoms with Crippen LogP contribution in [0.1, 0.15) is 58.3 Å². The van der Waals surface area contributed by atoms with Gasteiger partial charge in [-0.05, 0) is 19.3 Å². The molecule has 1 unspecified atom stereocenters. The Hall–Kier alpha value is -0.720. The number of guanidine groups is 1. The highest BCUT2D eigenvalue weighted by Gasteiger charge is 2.13. The maximum absolute atomic E-state index is 11.6. The van der Waals surface area contributed by atoms with Crippen LogP contribution in [-0.2, 0) is 9.53 Å². The summed E-state index contributed by atoms with van der Waals surface area (Å²) in [5, 5.41) is 0. The smallest absolute Gasteiger partial charge is 0.322 e. The highest BCUT2D eigenvalue weighted by Crippen LogP contribution is 2.05. The molecule has 8 heteroatoms. The van der Waals surface area contributed by atoms with E-state index in [-0.39, 0.29) is 36.7 Å². The molecule has 0 spiro atoms. The number of carbonyl (C=O) groups excluding carboxylic acids is 1. The molecule has 0 aromatic heterocycles. The minimum atomic E-state index is -0.579. The van der Waals surface area contributed by atoms with E-state index in [0.717, 1.165) is 12.8 Å². The van der Waals surface area contributed by atoms with Crippen molar-refractivity contribution >= 4 is 36.7 Å². The first-order valence-electron chi connectivity index (χ1n) is 7.55. The van der Waals surface area contributed by atoms with Gasteiger partial charge in [0.15, 0.2) is 5.96 Å². The standard InChI is InChI=1S/C14H30N4O2.2ClH/c1-2-3-4-5-6-7-11-20-13(19)12(15)9-8-10-18-14(16)17;;/h12H,2-11,15H2,1H3,(H4,16,17,18);2*1H. The van der Waals surface area contributed by atoms with Gasteiger partial charge >= 0.3 is 5.97 Å². The number of unbranched alkanes of at least 4 members (excludes halogenated alkanes) is 5. The molecule has 0 saturated heterocycles. The number of carbonyl (C=O) groups is 1. The predicted molar refractivity (Wildman–Crippen MR) is 96.7 cm³/mol. The second-order valence-electron chi connectivity index (χ2n) is 4.99. The Bertz CT molecular complexity index is 288. The van der Waals surface area contributed by atoms with Gasteiger partial charge in [0.05, 0.1) is 6.61 Å². The summed E-state index contributed by atoms with van der Waals surface area (Å²) in [6.45, 7) is 3.14. The third-order valence-corrected chi connectivity index (χ3v) is 3.01. The van der Waals surface area contributed by atoms with Gasteiger partial charge in [-0.2, -0.15) is 0 Å². The second kappa shape index (κ2) is 18.3. The van der Waals surface area contributed by atoms with Gasteiger partial charge in [0.25, 0.3) is 0 Å². The Labute approximate surface area is 146 Å². The van der Waals surface area contributed by atoms with Crippen molar-refractivity contribution in [2.45, 2.75) is 64.3 Å². The minimum absolute atomic E-state index is 0. The monoisotopic (exact) mass is 358 g/mol. The number of nitrogens with two attached hydrogens (primary N) is 3. The van der Waals surface area contributed by atoms with Gasteiger partial charge in [-0.1, -0.05) is 39.0 Å². The fourth-order valence-corrected chi connectivity index (χ4v) is 1.80. The summed E-state index contributed by atoms with van der Waals surface area (Å²) >= 11 is 0. The third-order valence-electron chi connectivity index (χ3n) is 3.01. The van der Waals surface area contributed by atoms with E-state index in [4.69, 9.17) is 21.9 Å². The largest absolute Gasteiger partial charge is 0.465 e. The fourth-order valence-electron chi connectivity index (χ4n) is 1.80. The number of ether oxygens (including phenoxy) is 1. The fraction of sp³-hybridized carbons (Fsp3) is 0.857. The van der Waals surface area contributed by atoms with Crippen molar-refractivity contribution in [3.8, 4) is 0 Å². The average molecular weight is 359 g/mol. The Morgan fingerprint density at radius 2 is 1.64 bits per heavy atom. The van der Waals surface area contributed by atoms with Gasteiger partial charge in [-0.3, -0.25) is 9.79 Å². The van der Waals surface area contributed by atoms with Crippen LogP contribution in [0.2, 0.25) is 0 Å². The number of hydrogen-bond donors (Lipinski definition) is 3. The molecule has 134 valence electrons. The van der Waals surface area contributed by atoms with E-state index in [1.165, 1.54) is 25.7 Å². The van der Waals surface area contributed by atoms with Gasteiger partial charge in [0.2, 0.25) is 0 Å². The maximum Gasteiger partial charge on any atom is 0.322 e. The number of aliphatic imine (C=N–C) groups is 1. The molecule has 0 aliphatic carbocycles. The number of halogens is 2. The molecular formula is C14H32Cl2N4O2. The Morgan fingerprint density at radius 1 is 1.05 bits per heavy atom. The molecular weight excluding hydrogens is 327 g/mol. The summed E-state index contributed by atoms with van der Waals surface area (Å²) in [5.41, 5.74) is 16.1. The SMILES string of the molecule is CCCCCCCCOC(=O)C(N)CCCN=C(N)N.Cl.Cl. The molecule has 6 nitrogen and oxygen atoms in total. The summed E-state index contributed by atoms with van der Waals surface area (Å²) in [6, 6.07) is -0.579. The van der Waals surface area contributed by atoms with Crippen LogP contribution in [0.5, 0.6) is 0 Å². The van der Waals surface area contributed by atoms with Crippen molar-refractivity contribution in [1.82, 2.24) is 0 Å². The van der Waals surface area contributed by atoms with Crippen molar-refractivity contribution in [2.75, 3.05) is 13.2 Å². The van der Waals surface area contributed by atoms with Gasteiger partial charge in [0.1, 0.15) is 6.04 Å². The quantitative estimate of drug-likeness (QED) is 0.214. The molecule has 0 amide bonds. The minimum Gasteiger partial charge on any atom is -0.465 e. The van der Waals surface area contributed by atoms with E-state index in [9.17, 15) is 4.79 Å². The summed E-state index contributed by atoms with van der Waals surface area (Å²) < 4.78 is 5.14. The highest BCUT2D eigenvalue weighted by atomic mass is 35.5. The zero-order chi connectivity index (χ0) is 15.2. The van der Waals surface area contributed by atoms with Crippen molar-refractivity contribution in [1.29, 1.82) is 0 Å². The topological polar surface area (TPSA) is 117 Å². The molecule has 0 saturated carbocycles. The Balaban J connectivity index is -0.00000180. The number of hydrogen-bond acceptors (Lipinski definition) is 4. The first-order valence-corrected chi connectivity index (χ1v) is 7.55. The van der Waals surface area contributed by atoms with Crippen molar-refractivity contribution in [3.05, 3.63) is 0 Å². The lowest BCUT2D eigenvalue weighted by atomic mass is 10.1. The summed E-state index contributed by atoms with van der Waals surface area (Å²) in [4.78, 5) is 15.4. The van der Waals surface area contributed by atoms with E-state index in [0.29, 0.717) is 26.0 Å². The molecule has 0 heterocycles. The summed E-state index contributed by atoms with van der Waals surface area (Å²) in [7, 11) is 0. The van der Waals surface area contributed by atoms with Crippen molar-refractivity contribution in [3.63, 3.8) is 0 Å². The lowest BCUT2D eigenvalue weighted by molar-refractivity contribution is -0.145. The molecule has 6 N–H and O–H groups in total. The Kier molecular flexibility index (Phi) is 21.8. The van der Waals surface area contributed by atoms with Crippen LogP contribution < -0.4 is 17.2 Å². The van der Waals surface area contributed by atoms with Gasteiger partial charge < -0.3 is 21.9 Å². The molecule has 0 radical (unpaired) electrons. The molecule has 0 aliphatic heterocycles. The molecule has 0 aromatic carbocycles. The lowest BCUT2D eigenvalue weighted by Gasteiger charge is -2.10. The van der Waals surface area contributed by atoms with Gasteiger partial charge in [-0.15, -0.1) is 24.8 Å². The summed E-state index contributed by atoms with van der Waals surface area (Å²) in [6.07, 6.45) is 8.20. The molecule has 0 bridgehead atoms. The van der Waals surface area contributed by atoms with Crippen molar-refractivity contribution < 1.29 is 9.53 Å². The average Bonchev–Trinajstić information content (AvgIpc) is 2.41. The Morgan fingerprint density at radius 3 is 2.23 bits per heavy atom. The molecule has 0 aliphatic rings. The molecule has 1 atom stereocenters. The molecule has 22 heavy (non-hydrogen) atoms. The van der Waals surface area contributed by atoms with E-state index in [1.807, 2.05) is 0 Å². The van der Waals surface area contributed by atoms with E-state index in [1.54, 1.807) is 0 Å². The van der Waals surface area contributed by atoms with Gasteiger partial charge in [0, 0.05) is 6.54 Å².